The van der Waals surface area contributed by atoms with Crippen molar-refractivity contribution in [1.82, 2.24) is 9.55 Å². The van der Waals surface area contributed by atoms with Crippen LogP contribution in [0.3, 0.4) is 0 Å². The molecule has 0 aliphatic heterocycles. The number of para-hydroxylation sites is 1. The predicted octanol–water partition coefficient (Wildman–Crippen LogP) is 4.10. The first kappa shape index (κ1) is 13.7. The van der Waals surface area contributed by atoms with Crippen LogP contribution in [0.1, 0.15) is 36.5 Å². The van der Waals surface area contributed by atoms with E-state index in [2.05, 4.69) is 72.8 Å². The fourth-order valence-electron chi connectivity index (χ4n) is 2.66. The second kappa shape index (κ2) is 5.24. The van der Waals surface area contributed by atoms with Gasteiger partial charge in [-0.05, 0) is 35.6 Å². The lowest BCUT2D eigenvalue weighted by molar-refractivity contribution is 0.830. The maximum Gasteiger partial charge on any atom is 0.201 e. The van der Waals surface area contributed by atoms with E-state index in [-0.39, 0.29) is 0 Å². The van der Waals surface area contributed by atoms with E-state index in [9.17, 15) is 0 Å². The monoisotopic (exact) mass is 279 g/mol. The van der Waals surface area contributed by atoms with Gasteiger partial charge in [-0.15, -0.1) is 0 Å². The predicted molar refractivity (Wildman–Crippen MR) is 88.5 cm³/mol. The Hall–Kier alpha value is -2.29. The highest BCUT2D eigenvalue weighted by molar-refractivity contribution is 5.81. The van der Waals surface area contributed by atoms with Crippen LogP contribution >= 0.6 is 0 Å². The Morgan fingerprint density at radius 2 is 1.81 bits per heavy atom. The smallest absolute Gasteiger partial charge is 0.201 e. The molecule has 2 aromatic carbocycles. The molecule has 0 bridgehead atoms. The highest BCUT2D eigenvalue weighted by atomic mass is 15.1. The minimum atomic E-state index is 0.556. The normalized spacial score (nSPS) is 11.4. The van der Waals surface area contributed by atoms with E-state index in [1.807, 2.05) is 0 Å². The number of aromatic nitrogens is 2. The number of rotatable bonds is 3. The zero-order chi connectivity index (χ0) is 15.0. The van der Waals surface area contributed by atoms with E-state index in [1.54, 1.807) is 0 Å². The van der Waals surface area contributed by atoms with Crippen molar-refractivity contribution in [2.45, 2.75) is 33.2 Å². The van der Waals surface area contributed by atoms with Crippen LogP contribution in [0.15, 0.2) is 42.5 Å². The Kier molecular flexibility index (Phi) is 3.42. The number of hydrogen-bond acceptors (Lipinski definition) is 2. The van der Waals surface area contributed by atoms with Crippen molar-refractivity contribution in [3.05, 3.63) is 59.2 Å². The number of benzene rings is 2. The minimum Gasteiger partial charge on any atom is -0.369 e. The molecule has 0 spiro atoms. The maximum atomic E-state index is 6.10. The van der Waals surface area contributed by atoms with Gasteiger partial charge in [-0.2, -0.15) is 0 Å². The van der Waals surface area contributed by atoms with E-state index < -0.39 is 0 Å². The molecule has 3 heteroatoms. The maximum absolute atomic E-state index is 6.10. The number of imidazole rings is 1. The van der Waals surface area contributed by atoms with Crippen molar-refractivity contribution < 1.29 is 0 Å². The number of hydrogen-bond donors (Lipinski definition) is 1. The van der Waals surface area contributed by atoms with Gasteiger partial charge in [0.1, 0.15) is 0 Å². The zero-order valence-electron chi connectivity index (χ0n) is 12.8. The number of anilines is 1. The SMILES string of the molecule is Cc1cccc2c1nc(N)n2Cc1ccc(C(C)C)cc1. The third-order valence-corrected chi connectivity index (χ3v) is 4.00. The number of nitrogen functional groups attached to an aromatic ring is 1. The average molecular weight is 279 g/mol. The second-order valence-electron chi connectivity index (χ2n) is 5.90. The van der Waals surface area contributed by atoms with Crippen LogP contribution in [0, 0.1) is 6.92 Å². The molecule has 1 heterocycles. The largest absolute Gasteiger partial charge is 0.369 e. The molecule has 108 valence electrons. The fourth-order valence-corrected chi connectivity index (χ4v) is 2.66. The molecule has 0 radical (unpaired) electrons. The summed E-state index contributed by atoms with van der Waals surface area (Å²) < 4.78 is 2.08. The first-order valence-electron chi connectivity index (χ1n) is 7.36. The molecule has 0 aliphatic rings. The molecule has 21 heavy (non-hydrogen) atoms. The van der Waals surface area contributed by atoms with Gasteiger partial charge in [0.05, 0.1) is 17.6 Å². The molecule has 3 aromatic rings. The molecule has 3 rings (SSSR count). The Labute approximate surface area is 125 Å². The lowest BCUT2D eigenvalue weighted by Gasteiger charge is -2.09. The topological polar surface area (TPSA) is 43.8 Å². The van der Waals surface area contributed by atoms with Gasteiger partial charge in [0.25, 0.3) is 0 Å². The Morgan fingerprint density at radius 1 is 1.10 bits per heavy atom. The Balaban J connectivity index is 1.98. The molecule has 1 aromatic heterocycles. The van der Waals surface area contributed by atoms with Crippen molar-refractivity contribution in [1.29, 1.82) is 0 Å². The van der Waals surface area contributed by atoms with Crippen molar-refractivity contribution in [2.75, 3.05) is 5.73 Å². The van der Waals surface area contributed by atoms with Crippen LogP contribution in [-0.2, 0) is 6.54 Å². The van der Waals surface area contributed by atoms with Gasteiger partial charge in [-0.3, -0.25) is 0 Å². The zero-order valence-corrected chi connectivity index (χ0v) is 12.8. The van der Waals surface area contributed by atoms with E-state index >= 15 is 0 Å². The van der Waals surface area contributed by atoms with Gasteiger partial charge in [-0.25, -0.2) is 4.98 Å². The van der Waals surface area contributed by atoms with Gasteiger partial charge in [0.2, 0.25) is 5.95 Å². The lowest BCUT2D eigenvalue weighted by atomic mass is 10.0. The summed E-state index contributed by atoms with van der Waals surface area (Å²) in [5, 5.41) is 0. The molecule has 0 fully saturated rings. The molecular formula is C18H21N3. The summed E-state index contributed by atoms with van der Waals surface area (Å²) in [6, 6.07) is 14.9. The molecule has 0 saturated heterocycles. The van der Waals surface area contributed by atoms with Crippen LogP contribution < -0.4 is 5.73 Å². The van der Waals surface area contributed by atoms with Gasteiger partial charge in [0.15, 0.2) is 0 Å². The first-order chi connectivity index (χ1) is 10.1. The summed E-state index contributed by atoms with van der Waals surface area (Å²) in [5.74, 6) is 1.13. The van der Waals surface area contributed by atoms with E-state index in [4.69, 9.17) is 5.73 Å². The average Bonchev–Trinajstić information content (AvgIpc) is 2.78. The van der Waals surface area contributed by atoms with Gasteiger partial charge in [-0.1, -0.05) is 50.2 Å². The standard InChI is InChI=1S/C18H21N3/c1-12(2)15-9-7-14(8-10-15)11-21-16-6-4-5-13(3)17(16)20-18(21)19/h4-10,12H,11H2,1-3H3,(H2,19,20). The van der Waals surface area contributed by atoms with Crippen LogP contribution in [0.5, 0.6) is 0 Å². The molecule has 0 atom stereocenters. The highest BCUT2D eigenvalue weighted by Gasteiger charge is 2.10. The summed E-state index contributed by atoms with van der Waals surface area (Å²) in [6.45, 7) is 7.24. The van der Waals surface area contributed by atoms with Crippen LogP contribution in [0.4, 0.5) is 5.95 Å². The second-order valence-corrected chi connectivity index (χ2v) is 5.90. The molecule has 2 N–H and O–H groups in total. The van der Waals surface area contributed by atoms with Crippen LogP contribution in [-0.4, -0.2) is 9.55 Å². The van der Waals surface area contributed by atoms with Crippen molar-refractivity contribution >= 4 is 17.0 Å². The molecule has 0 aliphatic carbocycles. The molecule has 0 saturated carbocycles. The summed E-state index contributed by atoms with van der Waals surface area (Å²) in [6.07, 6.45) is 0. The summed E-state index contributed by atoms with van der Waals surface area (Å²) in [7, 11) is 0. The van der Waals surface area contributed by atoms with E-state index in [0.717, 1.165) is 23.1 Å². The Bertz CT molecular complexity index is 767. The molecular weight excluding hydrogens is 258 g/mol. The highest BCUT2D eigenvalue weighted by Crippen LogP contribution is 2.23. The van der Waals surface area contributed by atoms with Gasteiger partial charge < -0.3 is 10.3 Å². The first-order valence-corrected chi connectivity index (χ1v) is 7.36. The van der Waals surface area contributed by atoms with Crippen LogP contribution in [0.25, 0.3) is 11.0 Å². The summed E-state index contributed by atoms with van der Waals surface area (Å²) in [5.41, 5.74) is 12.0. The van der Waals surface area contributed by atoms with Crippen molar-refractivity contribution in [2.24, 2.45) is 0 Å². The van der Waals surface area contributed by atoms with Crippen molar-refractivity contribution in [3.63, 3.8) is 0 Å². The number of nitrogens with zero attached hydrogens (tertiary/aromatic N) is 2. The van der Waals surface area contributed by atoms with Gasteiger partial charge >= 0.3 is 0 Å². The molecule has 0 unspecified atom stereocenters. The third-order valence-electron chi connectivity index (χ3n) is 4.00. The third kappa shape index (κ3) is 2.51. The summed E-state index contributed by atoms with van der Waals surface area (Å²) in [4.78, 5) is 4.50. The van der Waals surface area contributed by atoms with Crippen molar-refractivity contribution in [3.8, 4) is 0 Å². The number of nitrogens with two attached hydrogens (primary N) is 1. The quantitative estimate of drug-likeness (QED) is 0.784. The summed E-state index contributed by atoms with van der Waals surface area (Å²) >= 11 is 0. The van der Waals surface area contributed by atoms with Gasteiger partial charge in [0, 0.05) is 0 Å². The number of aryl methyl sites for hydroxylation is 1. The molecule has 3 nitrogen and oxygen atoms in total. The Morgan fingerprint density at radius 3 is 2.48 bits per heavy atom. The minimum absolute atomic E-state index is 0.556. The lowest BCUT2D eigenvalue weighted by Crippen LogP contribution is -2.04. The van der Waals surface area contributed by atoms with Crippen LogP contribution in [0.2, 0.25) is 0 Å². The van der Waals surface area contributed by atoms with E-state index in [1.165, 1.54) is 11.1 Å². The van der Waals surface area contributed by atoms with E-state index in [0.29, 0.717) is 11.9 Å². The molecule has 0 amide bonds. The fraction of sp³-hybridized carbons (Fsp3) is 0.278. The number of fused-ring (bicyclic) bond motifs is 1.